The molecule has 0 spiro atoms. The zero-order chi connectivity index (χ0) is 29.3. The van der Waals surface area contributed by atoms with E-state index in [1.807, 2.05) is 51.1 Å². The number of hydrogen-bond donors (Lipinski definition) is 3. The number of nitrogens with two attached hydrogens (primary N) is 1. The molecule has 10 heteroatoms. The minimum atomic E-state index is -3.71. The van der Waals surface area contributed by atoms with E-state index in [1.54, 1.807) is 19.2 Å². The lowest BCUT2D eigenvalue weighted by Crippen LogP contribution is -2.41. The van der Waals surface area contributed by atoms with Crippen molar-refractivity contribution in [1.82, 2.24) is 9.62 Å². The molecule has 0 saturated carbocycles. The Labute approximate surface area is 234 Å². The first-order valence-corrected chi connectivity index (χ1v) is 14.9. The minimum Gasteiger partial charge on any atom is -0.465 e. The molecule has 9 nitrogen and oxygen atoms in total. The van der Waals surface area contributed by atoms with Crippen molar-refractivity contribution in [2.45, 2.75) is 57.9 Å². The van der Waals surface area contributed by atoms with Gasteiger partial charge in [0, 0.05) is 51.7 Å². The molecule has 2 aromatic rings. The maximum atomic E-state index is 13.1. The summed E-state index contributed by atoms with van der Waals surface area (Å²) in [7, 11) is -2.03. The predicted molar refractivity (Wildman–Crippen MR) is 156 cm³/mol. The fraction of sp³-hybridized carbons (Fsp3) is 0.552. The first-order valence-electron chi connectivity index (χ1n) is 13.4. The molecule has 2 aromatic carbocycles. The van der Waals surface area contributed by atoms with E-state index in [2.05, 4.69) is 17.0 Å². The zero-order valence-corrected chi connectivity index (χ0v) is 24.8. The number of benzene rings is 2. The van der Waals surface area contributed by atoms with Gasteiger partial charge in [-0.1, -0.05) is 51.1 Å². The number of sulfonamides is 1. The van der Waals surface area contributed by atoms with Gasteiger partial charge in [0.1, 0.15) is 0 Å². The highest BCUT2D eigenvalue weighted by atomic mass is 32.2. The minimum absolute atomic E-state index is 0.124. The fourth-order valence-electron chi connectivity index (χ4n) is 3.76. The Morgan fingerprint density at radius 2 is 1.79 bits per heavy atom. The Bertz CT molecular complexity index is 1020. The van der Waals surface area contributed by atoms with Gasteiger partial charge in [0.15, 0.2) is 0 Å². The van der Waals surface area contributed by atoms with Crippen molar-refractivity contribution in [3.63, 3.8) is 0 Å². The number of hydrogen-bond acceptors (Lipinski definition) is 6. The maximum Gasteiger partial charge on any atom is 0.404 e. The average molecular weight is 566 g/mol. The van der Waals surface area contributed by atoms with Crippen LogP contribution in [-0.2, 0) is 25.9 Å². The van der Waals surface area contributed by atoms with E-state index in [1.165, 1.54) is 22.9 Å². The third kappa shape index (κ3) is 14.3. The summed E-state index contributed by atoms with van der Waals surface area (Å²) in [4.78, 5) is 11.4. The number of amides is 1. The average Bonchev–Trinajstić information content (AvgIpc) is 3.38. The van der Waals surface area contributed by atoms with Crippen LogP contribution < -0.4 is 11.1 Å². The van der Waals surface area contributed by atoms with E-state index in [4.69, 9.17) is 10.5 Å². The second-order valence-corrected chi connectivity index (χ2v) is 11.9. The lowest BCUT2D eigenvalue weighted by atomic mass is 10.0. The lowest BCUT2D eigenvalue weighted by molar-refractivity contribution is 0.188. The number of nitrogen functional groups attached to an aromatic ring is 1. The van der Waals surface area contributed by atoms with Crippen molar-refractivity contribution < 1.29 is 27.8 Å². The van der Waals surface area contributed by atoms with Gasteiger partial charge >= 0.3 is 6.09 Å². The second-order valence-electron chi connectivity index (χ2n) is 10.00. The molecule has 0 bridgehead atoms. The van der Waals surface area contributed by atoms with Crippen molar-refractivity contribution in [3.8, 4) is 0 Å². The van der Waals surface area contributed by atoms with Gasteiger partial charge in [-0.15, -0.1) is 0 Å². The van der Waals surface area contributed by atoms with Gasteiger partial charge in [-0.25, -0.2) is 13.2 Å². The molecule has 39 heavy (non-hydrogen) atoms. The van der Waals surface area contributed by atoms with E-state index in [0.717, 1.165) is 31.3 Å². The third-order valence-electron chi connectivity index (χ3n) is 5.91. The van der Waals surface area contributed by atoms with Crippen molar-refractivity contribution in [3.05, 3.63) is 60.2 Å². The summed E-state index contributed by atoms with van der Waals surface area (Å²) in [5, 5.41) is 11.7. The van der Waals surface area contributed by atoms with Crippen molar-refractivity contribution in [1.29, 1.82) is 0 Å². The molecule has 4 N–H and O–H groups in total. The van der Waals surface area contributed by atoms with Crippen LogP contribution in [0.5, 0.6) is 0 Å². The van der Waals surface area contributed by atoms with E-state index in [9.17, 15) is 18.3 Å². The van der Waals surface area contributed by atoms with Crippen LogP contribution in [0.4, 0.5) is 10.5 Å². The van der Waals surface area contributed by atoms with E-state index < -0.39 is 22.2 Å². The molecule has 2 atom stereocenters. The highest BCUT2D eigenvalue weighted by Gasteiger charge is 2.26. The molecule has 2 unspecified atom stereocenters. The van der Waals surface area contributed by atoms with Crippen LogP contribution >= 0.6 is 0 Å². The second kappa shape index (κ2) is 18.6. The highest BCUT2D eigenvalue weighted by Crippen LogP contribution is 2.20. The van der Waals surface area contributed by atoms with Gasteiger partial charge in [0.25, 0.3) is 0 Å². The summed E-state index contributed by atoms with van der Waals surface area (Å²) < 4.78 is 37.3. The van der Waals surface area contributed by atoms with Crippen LogP contribution in [-0.4, -0.2) is 70.0 Å². The first-order chi connectivity index (χ1) is 18.5. The molecule has 0 radical (unpaired) electrons. The SMILES string of the molecule is CC(C)CN(CCC(Cc1ccccc1)NC(=O)O)S(=O)(=O)c1ccc(N)cc1.CC1CCOC1.CCOC. The third-order valence-corrected chi connectivity index (χ3v) is 7.79. The molecule has 0 aromatic heterocycles. The van der Waals surface area contributed by atoms with Gasteiger partial charge in [-0.2, -0.15) is 4.31 Å². The van der Waals surface area contributed by atoms with Gasteiger partial charge in [-0.3, -0.25) is 0 Å². The molecule has 1 amide bonds. The van der Waals surface area contributed by atoms with Gasteiger partial charge in [0.05, 0.1) is 4.90 Å². The van der Waals surface area contributed by atoms with Crippen LogP contribution in [0, 0.1) is 11.8 Å². The molecule has 1 saturated heterocycles. The van der Waals surface area contributed by atoms with Crippen molar-refractivity contribution in [2.75, 3.05) is 45.8 Å². The number of nitrogens with one attached hydrogen (secondary N) is 1. The molecular formula is C29H47N3O6S. The maximum absolute atomic E-state index is 13.1. The molecule has 220 valence electrons. The van der Waals surface area contributed by atoms with Crippen molar-refractivity contribution >= 4 is 21.8 Å². The molecule has 1 aliphatic rings. The van der Waals surface area contributed by atoms with Crippen molar-refractivity contribution in [2.24, 2.45) is 11.8 Å². The van der Waals surface area contributed by atoms with Crippen LogP contribution in [0.1, 0.15) is 46.1 Å². The van der Waals surface area contributed by atoms with E-state index >= 15 is 0 Å². The lowest BCUT2D eigenvalue weighted by Gasteiger charge is -2.26. The molecule has 1 fully saturated rings. The van der Waals surface area contributed by atoms with Crippen LogP contribution in [0.25, 0.3) is 0 Å². The molecule has 1 aliphatic heterocycles. The number of methoxy groups -OCH3 is 1. The Hall–Kier alpha value is -2.66. The normalized spacial score (nSPS) is 15.6. The zero-order valence-electron chi connectivity index (χ0n) is 24.0. The number of carbonyl (C=O) groups is 1. The molecule has 0 aliphatic carbocycles. The number of nitrogens with zero attached hydrogens (tertiary/aromatic N) is 1. The van der Waals surface area contributed by atoms with Gasteiger partial charge in [-0.05, 0) is 67.9 Å². The monoisotopic (exact) mass is 565 g/mol. The number of rotatable bonds is 11. The Morgan fingerprint density at radius 1 is 1.18 bits per heavy atom. The summed E-state index contributed by atoms with van der Waals surface area (Å²) >= 11 is 0. The Kier molecular flexibility index (Phi) is 16.4. The number of carboxylic acid groups (broad SMARTS) is 1. The Balaban J connectivity index is 0.000000637. The van der Waals surface area contributed by atoms with Crippen LogP contribution in [0.15, 0.2) is 59.5 Å². The first kappa shape index (κ1) is 34.4. The van der Waals surface area contributed by atoms with Gasteiger partial charge < -0.3 is 25.6 Å². The largest absolute Gasteiger partial charge is 0.465 e. The molecule has 3 rings (SSSR count). The standard InChI is InChI=1S/C21H29N3O4S.C5H10O.C3H8O/c1-16(2)15-24(29(27,28)20-10-8-18(22)9-11-20)13-12-19(23-21(25)26)14-17-6-4-3-5-7-17;1-5-2-3-6-4-5;1-3-4-2/h3-11,16,19,23H,12-15,22H2,1-2H3,(H,25,26);5H,2-4H2,1H3;3H2,1-2H3. The summed E-state index contributed by atoms with van der Waals surface area (Å²) in [5.41, 5.74) is 7.15. The highest BCUT2D eigenvalue weighted by molar-refractivity contribution is 7.89. The number of anilines is 1. The van der Waals surface area contributed by atoms with E-state index in [0.29, 0.717) is 25.1 Å². The summed E-state index contributed by atoms with van der Waals surface area (Å²) in [6.07, 6.45) is 0.995. The quantitative estimate of drug-likeness (QED) is 0.331. The van der Waals surface area contributed by atoms with E-state index in [-0.39, 0.29) is 17.4 Å². The summed E-state index contributed by atoms with van der Waals surface area (Å²) in [5.74, 6) is 0.948. The summed E-state index contributed by atoms with van der Waals surface area (Å²) in [6.45, 7) is 11.4. The Morgan fingerprint density at radius 3 is 2.23 bits per heavy atom. The number of ether oxygens (including phenoxy) is 2. The molecular weight excluding hydrogens is 518 g/mol. The topological polar surface area (TPSA) is 131 Å². The van der Waals surface area contributed by atoms with Gasteiger partial charge in [0.2, 0.25) is 10.0 Å². The van der Waals surface area contributed by atoms with Crippen LogP contribution in [0.2, 0.25) is 0 Å². The predicted octanol–water partition coefficient (Wildman–Crippen LogP) is 4.88. The summed E-state index contributed by atoms with van der Waals surface area (Å²) in [6, 6.07) is 15.2. The smallest absolute Gasteiger partial charge is 0.404 e. The van der Waals surface area contributed by atoms with Crippen LogP contribution in [0.3, 0.4) is 0 Å². The molecule has 1 heterocycles. The fourth-order valence-corrected chi connectivity index (χ4v) is 5.37.